The number of halogens is 1. The number of benzene rings is 2. The number of hydrogen-bond acceptors (Lipinski definition) is 5. The van der Waals surface area contributed by atoms with Crippen molar-refractivity contribution >= 4 is 34.3 Å². The van der Waals surface area contributed by atoms with E-state index in [1.165, 1.54) is 4.90 Å². The fourth-order valence-electron chi connectivity index (χ4n) is 3.37. The molecule has 0 aliphatic carbocycles. The van der Waals surface area contributed by atoms with E-state index in [0.29, 0.717) is 31.5 Å². The molecule has 2 aromatic rings. The molecule has 28 heavy (non-hydrogen) atoms. The van der Waals surface area contributed by atoms with Crippen molar-refractivity contribution in [1.29, 1.82) is 0 Å². The summed E-state index contributed by atoms with van der Waals surface area (Å²) in [5.41, 5.74) is 1.30. The molecule has 3 rings (SSSR count). The zero-order chi connectivity index (χ0) is 20.1. The molecule has 0 spiro atoms. The van der Waals surface area contributed by atoms with E-state index in [2.05, 4.69) is 10.6 Å². The van der Waals surface area contributed by atoms with E-state index in [1.807, 2.05) is 30.3 Å². The second-order valence-electron chi connectivity index (χ2n) is 6.46. The van der Waals surface area contributed by atoms with Gasteiger partial charge in [-0.25, -0.2) is 4.79 Å². The number of hydrogen-bond donors (Lipinski definition) is 2. The molecule has 148 valence electrons. The summed E-state index contributed by atoms with van der Waals surface area (Å²) in [4.78, 5) is 36.6. The van der Waals surface area contributed by atoms with Crippen LogP contribution >= 0.6 is 11.6 Å². The van der Waals surface area contributed by atoms with Gasteiger partial charge in [0.25, 0.3) is 5.91 Å². The zero-order valence-corrected chi connectivity index (χ0v) is 15.9. The Morgan fingerprint density at radius 1 is 1.25 bits per heavy atom. The van der Waals surface area contributed by atoms with Crippen LogP contribution in [0.25, 0.3) is 10.8 Å². The smallest absolute Gasteiger partial charge is 0.340 e. The Labute approximate surface area is 167 Å². The molecular formula is C19H21ClN4O4. The van der Waals surface area contributed by atoms with Crippen molar-refractivity contribution in [3.63, 3.8) is 0 Å². The molecule has 0 saturated heterocycles. The first-order valence-electron chi connectivity index (χ1n) is 9.03. The third-order valence-corrected chi connectivity index (χ3v) is 4.90. The molecule has 1 unspecified atom stereocenters. The zero-order valence-electron chi connectivity index (χ0n) is 15.2. The van der Waals surface area contributed by atoms with Crippen LogP contribution in [-0.2, 0) is 0 Å². The summed E-state index contributed by atoms with van der Waals surface area (Å²) in [6.45, 7) is 0.700. The van der Waals surface area contributed by atoms with Crippen LogP contribution in [0.4, 0.5) is 4.79 Å². The normalized spacial score (nSPS) is 15.6. The van der Waals surface area contributed by atoms with E-state index in [0.717, 1.165) is 21.3 Å². The van der Waals surface area contributed by atoms with E-state index in [9.17, 15) is 19.6 Å². The Morgan fingerprint density at radius 3 is 2.71 bits per heavy atom. The van der Waals surface area contributed by atoms with E-state index in [1.54, 1.807) is 6.07 Å². The van der Waals surface area contributed by atoms with Crippen molar-refractivity contribution < 1.29 is 14.7 Å². The molecule has 1 aliphatic heterocycles. The summed E-state index contributed by atoms with van der Waals surface area (Å²) >= 11 is 5.50. The number of nitrogens with one attached hydrogen (secondary N) is 1. The topological polar surface area (TPSA) is 102 Å². The summed E-state index contributed by atoms with van der Waals surface area (Å²) in [5.74, 6) is -0.0956. The average molecular weight is 405 g/mol. The van der Waals surface area contributed by atoms with Crippen LogP contribution in [0.3, 0.4) is 0 Å². The lowest BCUT2D eigenvalue weighted by atomic mass is 9.93. The van der Waals surface area contributed by atoms with Gasteiger partial charge in [-0.2, -0.15) is 5.01 Å². The van der Waals surface area contributed by atoms with Crippen molar-refractivity contribution in [1.82, 2.24) is 15.2 Å². The highest BCUT2D eigenvalue weighted by atomic mass is 35.5. The number of alkyl halides is 1. The standard InChI is InChI=1S/C19H21ClN4O4/c20-9-12-24(22-28)19(27)21-10-1-2-11-23-17(25)14-7-3-5-13-6-4-8-15(16(13)14)18(23)26/h3-8,17,25H,1-2,9-12H2,(H,21,27). The van der Waals surface area contributed by atoms with Crippen LogP contribution in [0.5, 0.6) is 0 Å². The second kappa shape index (κ2) is 8.99. The molecular weight excluding hydrogens is 384 g/mol. The Kier molecular flexibility index (Phi) is 6.43. The molecule has 0 radical (unpaired) electrons. The quantitative estimate of drug-likeness (QED) is 0.305. The van der Waals surface area contributed by atoms with Gasteiger partial charge < -0.3 is 15.3 Å². The lowest BCUT2D eigenvalue weighted by molar-refractivity contribution is 0.00426. The van der Waals surface area contributed by atoms with Gasteiger partial charge in [0.15, 0.2) is 6.23 Å². The van der Waals surface area contributed by atoms with Gasteiger partial charge in [0.1, 0.15) is 0 Å². The third kappa shape index (κ3) is 3.93. The fourth-order valence-corrected chi connectivity index (χ4v) is 3.53. The molecule has 9 heteroatoms. The number of nitrogens with zero attached hydrogens (tertiary/aromatic N) is 3. The molecule has 0 aromatic heterocycles. The van der Waals surface area contributed by atoms with Crippen LogP contribution in [0.1, 0.15) is 35.0 Å². The van der Waals surface area contributed by atoms with Gasteiger partial charge in [-0.15, -0.1) is 16.5 Å². The largest absolute Gasteiger partial charge is 0.369 e. The average Bonchev–Trinajstić information content (AvgIpc) is 2.71. The lowest BCUT2D eigenvalue weighted by Gasteiger charge is -2.33. The van der Waals surface area contributed by atoms with Gasteiger partial charge in [-0.1, -0.05) is 30.3 Å². The monoisotopic (exact) mass is 404 g/mol. The third-order valence-electron chi connectivity index (χ3n) is 4.73. The molecule has 0 fully saturated rings. The highest BCUT2D eigenvalue weighted by Crippen LogP contribution is 2.35. The van der Waals surface area contributed by atoms with Crippen molar-refractivity contribution in [2.24, 2.45) is 5.29 Å². The van der Waals surface area contributed by atoms with Crippen LogP contribution < -0.4 is 5.32 Å². The lowest BCUT2D eigenvalue weighted by Crippen LogP contribution is -2.40. The first kappa shape index (κ1) is 20.0. The van der Waals surface area contributed by atoms with Crippen molar-refractivity contribution in [2.45, 2.75) is 19.1 Å². The van der Waals surface area contributed by atoms with Crippen molar-refractivity contribution in [3.05, 3.63) is 52.4 Å². The van der Waals surface area contributed by atoms with E-state index in [4.69, 9.17) is 11.6 Å². The first-order chi connectivity index (χ1) is 13.6. The minimum atomic E-state index is -1.00. The minimum Gasteiger partial charge on any atom is -0.369 e. The SMILES string of the molecule is O=NN(CCCl)C(=O)NCCCCN1C(=O)c2cccc3cccc(c23)C1O. The number of nitroso groups, excluding NO2 is 1. The second-order valence-corrected chi connectivity index (χ2v) is 6.83. The van der Waals surface area contributed by atoms with Gasteiger partial charge in [0.2, 0.25) is 0 Å². The molecule has 0 saturated carbocycles. The number of carbonyl (C=O) groups is 2. The highest BCUT2D eigenvalue weighted by molar-refractivity contribution is 6.18. The highest BCUT2D eigenvalue weighted by Gasteiger charge is 2.32. The number of aliphatic hydroxyl groups is 1. The maximum absolute atomic E-state index is 12.8. The predicted octanol–water partition coefficient (Wildman–Crippen LogP) is 3.00. The Balaban J connectivity index is 1.57. The number of carbonyl (C=O) groups excluding carboxylic acids is 2. The van der Waals surface area contributed by atoms with E-state index in [-0.39, 0.29) is 18.3 Å². The van der Waals surface area contributed by atoms with E-state index >= 15 is 0 Å². The first-order valence-corrected chi connectivity index (χ1v) is 9.57. The van der Waals surface area contributed by atoms with Gasteiger partial charge in [-0.05, 0) is 24.3 Å². The molecule has 1 heterocycles. The number of aliphatic hydroxyl groups excluding tert-OH is 1. The molecule has 2 aromatic carbocycles. The van der Waals surface area contributed by atoms with Gasteiger partial charge >= 0.3 is 6.03 Å². The summed E-state index contributed by atoms with van der Waals surface area (Å²) < 4.78 is 0. The predicted molar refractivity (Wildman–Crippen MR) is 106 cm³/mol. The number of amides is 3. The van der Waals surface area contributed by atoms with E-state index < -0.39 is 12.3 Å². The molecule has 2 N–H and O–H groups in total. The Morgan fingerprint density at radius 2 is 2.00 bits per heavy atom. The summed E-state index contributed by atoms with van der Waals surface area (Å²) in [6, 6.07) is 10.5. The fraction of sp³-hybridized carbons (Fsp3) is 0.368. The van der Waals surface area contributed by atoms with Gasteiger partial charge in [0, 0.05) is 35.5 Å². The Hall–Kier alpha value is -2.71. The maximum atomic E-state index is 12.8. The summed E-state index contributed by atoms with van der Waals surface area (Å²) in [5, 5.41) is 18.3. The van der Waals surface area contributed by atoms with Crippen LogP contribution in [0.2, 0.25) is 0 Å². The number of urea groups is 1. The van der Waals surface area contributed by atoms with Crippen LogP contribution in [0, 0.1) is 4.91 Å². The van der Waals surface area contributed by atoms with Gasteiger partial charge in [-0.3, -0.25) is 4.79 Å². The molecule has 0 bridgehead atoms. The van der Waals surface area contributed by atoms with Gasteiger partial charge in [0.05, 0.1) is 11.8 Å². The summed E-state index contributed by atoms with van der Waals surface area (Å²) in [6.07, 6.45) is 0.145. The van der Waals surface area contributed by atoms with Crippen LogP contribution in [0.15, 0.2) is 41.7 Å². The molecule has 1 aliphatic rings. The van der Waals surface area contributed by atoms with Crippen LogP contribution in [-0.4, -0.2) is 52.5 Å². The molecule has 8 nitrogen and oxygen atoms in total. The Bertz CT molecular complexity index is 886. The summed E-state index contributed by atoms with van der Waals surface area (Å²) in [7, 11) is 0. The number of unbranched alkanes of at least 4 members (excludes halogenated alkanes) is 1. The number of rotatable bonds is 8. The minimum absolute atomic E-state index is 0.0380. The molecule has 3 amide bonds. The van der Waals surface area contributed by atoms with Crippen molar-refractivity contribution in [3.8, 4) is 0 Å². The van der Waals surface area contributed by atoms with Crippen molar-refractivity contribution in [2.75, 3.05) is 25.5 Å². The maximum Gasteiger partial charge on any atom is 0.340 e. The molecule has 1 atom stereocenters.